The first-order valence-electron chi connectivity index (χ1n) is 10.6. The summed E-state index contributed by atoms with van der Waals surface area (Å²) in [7, 11) is 0. The van der Waals surface area contributed by atoms with Gasteiger partial charge in [-0.2, -0.15) is 0 Å². The van der Waals surface area contributed by atoms with Crippen molar-refractivity contribution in [1.29, 1.82) is 0 Å². The Morgan fingerprint density at radius 3 is 2.59 bits per heavy atom. The van der Waals surface area contributed by atoms with E-state index in [1.54, 1.807) is 36.4 Å². The van der Waals surface area contributed by atoms with Crippen LogP contribution in [0.15, 0.2) is 60.7 Å². The van der Waals surface area contributed by atoms with Crippen molar-refractivity contribution in [2.75, 3.05) is 12.1 Å². The van der Waals surface area contributed by atoms with E-state index in [4.69, 9.17) is 9.47 Å². The first kappa shape index (κ1) is 22.1. The van der Waals surface area contributed by atoms with E-state index in [-0.39, 0.29) is 27.7 Å². The van der Waals surface area contributed by atoms with Gasteiger partial charge >= 0.3 is 6.36 Å². The number of hydrogen-bond donors (Lipinski definition) is 2. The van der Waals surface area contributed by atoms with Crippen LogP contribution >= 0.6 is 0 Å². The van der Waals surface area contributed by atoms with E-state index < -0.39 is 17.5 Å². The first-order chi connectivity index (χ1) is 16.3. The van der Waals surface area contributed by atoms with Crippen LogP contribution in [0.5, 0.6) is 17.2 Å². The number of aliphatic hydroxyl groups excluding tert-OH is 1. The van der Waals surface area contributed by atoms with Crippen molar-refractivity contribution in [3.63, 3.8) is 0 Å². The summed E-state index contributed by atoms with van der Waals surface area (Å²) in [5, 5.41) is 12.3. The molecule has 34 heavy (non-hydrogen) atoms. The number of hydrogen-bond acceptors (Lipinski definition) is 5. The van der Waals surface area contributed by atoms with Gasteiger partial charge in [0.2, 0.25) is 12.7 Å². The van der Waals surface area contributed by atoms with Crippen LogP contribution < -0.4 is 19.5 Å². The van der Waals surface area contributed by atoms with Gasteiger partial charge < -0.3 is 24.6 Å². The largest absolute Gasteiger partial charge is 0.573 e. The number of halogens is 3. The van der Waals surface area contributed by atoms with Gasteiger partial charge in [-0.3, -0.25) is 4.79 Å². The summed E-state index contributed by atoms with van der Waals surface area (Å²) >= 11 is 0. The first-order valence-corrected chi connectivity index (χ1v) is 10.6. The molecular weight excluding hydrogens is 451 g/mol. The molecule has 9 heteroatoms. The van der Waals surface area contributed by atoms with E-state index in [1.165, 1.54) is 18.2 Å². The minimum atomic E-state index is -4.88. The molecule has 2 N–H and O–H groups in total. The maximum Gasteiger partial charge on any atom is 0.573 e. The lowest BCUT2D eigenvalue weighted by atomic mass is 9.94. The maximum absolute atomic E-state index is 13.2. The van der Waals surface area contributed by atoms with Crippen LogP contribution in [0, 0.1) is 0 Å². The fourth-order valence-electron chi connectivity index (χ4n) is 4.10. The highest BCUT2D eigenvalue weighted by Crippen LogP contribution is 2.51. The van der Waals surface area contributed by atoms with Gasteiger partial charge in [0.05, 0.1) is 12.0 Å². The van der Waals surface area contributed by atoms with E-state index in [1.807, 2.05) is 6.07 Å². The molecule has 3 aromatic rings. The van der Waals surface area contributed by atoms with Crippen molar-refractivity contribution in [3.8, 4) is 28.4 Å². The third-order valence-electron chi connectivity index (χ3n) is 5.99. The Morgan fingerprint density at radius 2 is 1.85 bits per heavy atom. The molecule has 1 aliphatic carbocycles. The minimum Gasteiger partial charge on any atom is -0.454 e. The summed E-state index contributed by atoms with van der Waals surface area (Å²) in [5.41, 5.74) is 1.47. The third kappa shape index (κ3) is 4.26. The second-order valence-corrected chi connectivity index (χ2v) is 8.22. The molecule has 0 unspecified atom stereocenters. The van der Waals surface area contributed by atoms with Crippen molar-refractivity contribution >= 4 is 11.6 Å². The summed E-state index contributed by atoms with van der Waals surface area (Å²) in [4.78, 5) is 13.2. The van der Waals surface area contributed by atoms with Crippen molar-refractivity contribution in [1.82, 2.24) is 0 Å². The Labute approximate surface area is 195 Å². The van der Waals surface area contributed by atoms with Crippen LogP contribution in [-0.4, -0.2) is 24.2 Å². The normalized spacial score (nSPS) is 15.6. The number of amides is 1. The molecule has 1 amide bonds. The van der Waals surface area contributed by atoms with E-state index in [0.29, 0.717) is 41.2 Å². The van der Waals surface area contributed by atoms with E-state index >= 15 is 0 Å². The third-order valence-corrected chi connectivity index (χ3v) is 5.99. The Kier molecular flexibility index (Phi) is 5.36. The molecule has 5 rings (SSSR count). The zero-order valence-electron chi connectivity index (χ0n) is 17.8. The molecule has 0 saturated heterocycles. The van der Waals surface area contributed by atoms with Gasteiger partial charge in [-0.05, 0) is 65.9 Å². The summed E-state index contributed by atoms with van der Waals surface area (Å²) in [6.45, 7) is -0.137. The molecule has 3 aromatic carbocycles. The van der Waals surface area contributed by atoms with Crippen LogP contribution in [0.2, 0.25) is 0 Å². The number of anilines is 1. The quantitative estimate of drug-likeness (QED) is 0.483. The Balaban J connectivity index is 0.00000180. The smallest absolute Gasteiger partial charge is 0.454 e. The average molecular weight is 475 g/mol. The van der Waals surface area contributed by atoms with Gasteiger partial charge in [0, 0.05) is 14.1 Å². The van der Waals surface area contributed by atoms with Crippen LogP contribution in [0.4, 0.5) is 18.9 Å². The Morgan fingerprint density at radius 1 is 1.06 bits per heavy atom. The van der Waals surface area contributed by atoms with Crippen LogP contribution in [0.25, 0.3) is 11.1 Å². The predicted octanol–water partition coefficient (Wildman–Crippen LogP) is 5.64. The lowest BCUT2D eigenvalue weighted by molar-refractivity contribution is -0.274. The fraction of sp³-hybridized carbons (Fsp3) is 0.240. The highest BCUT2D eigenvalue weighted by Gasteiger charge is 2.51. The topological polar surface area (TPSA) is 77.0 Å². The molecule has 0 aromatic heterocycles. The van der Waals surface area contributed by atoms with E-state index in [9.17, 15) is 23.1 Å². The van der Waals surface area contributed by atoms with Crippen LogP contribution in [0.1, 0.15) is 26.8 Å². The number of aliphatic hydroxyl groups is 1. The summed E-state index contributed by atoms with van der Waals surface area (Å²) < 4.78 is 53.9. The summed E-state index contributed by atoms with van der Waals surface area (Å²) in [5.74, 6) is 0.537. The van der Waals surface area contributed by atoms with Gasteiger partial charge in [0.25, 0.3) is 0 Å². The van der Waals surface area contributed by atoms with Crippen LogP contribution in [0.3, 0.4) is 0 Å². The van der Waals surface area contributed by atoms with Crippen molar-refractivity contribution in [3.05, 3.63) is 71.8 Å². The molecule has 6 nitrogen and oxygen atoms in total. The molecular formula is C25H24F3NO5. The number of benzene rings is 3. The number of fused-ring (bicyclic) bond motifs is 1. The lowest BCUT2D eigenvalue weighted by Gasteiger charge is -2.18. The molecule has 2 aliphatic rings. The Bertz CT molecular complexity index is 1260. The molecule has 0 atom stereocenters. The molecule has 180 valence electrons. The maximum atomic E-state index is 13.2. The van der Waals surface area contributed by atoms with E-state index in [0.717, 1.165) is 5.56 Å². The summed E-state index contributed by atoms with van der Waals surface area (Å²) in [6, 6.07) is 15.8. The lowest BCUT2D eigenvalue weighted by Crippen LogP contribution is -2.27. The highest BCUT2D eigenvalue weighted by molar-refractivity contribution is 6.02. The average Bonchev–Trinajstić information content (AvgIpc) is 3.50. The van der Waals surface area contributed by atoms with Gasteiger partial charge in [0.15, 0.2) is 11.5 Å². The highest BCUT2D eigenvalue weighted by atomic mass is 19.4. The van der Waals surface area contributed by atoms with Gasteiger partial charge in [-0.25, -0.2) is 0 Å². The molecule has 1 heterocycles. The molecule has 0 bridgehead atoms. The number of ether oxygens (including phenoxy) is 3. The molecule has 1 aliphatic heterocycles. The monoisotopic (exact) mass is 475 g/mol. The summed E-state index contributed by atoms with van der Waals surface area (Å²) in [6.07, 6.45) is -3.61. The van der Waals surface area contributed by atoms with E-state index in [2.05, 4.69) is 10.1 Å². The van der Waals surface area contributed by atoms with Crippen molar-refractivity contribution < 1.29 is 40.1 Å². The molecule has 1 fully saturated rings. The van der Waals surface area contributed by atoms with Crippen molar-refractivity contribution in [2.24, 2.45) is 0 Å². The second-order valence-electron chi connectivity index (χ2n) is 8.22. The van der Waals surface area contributed by atoms with Gasteiger partial charge in [-0.1, -0.05) is 24.3 Å². The fourth-order valence-corrected chi connectivity index (χ4v) is 4.10. The van der Waals surface area contributed by atoms with Crippen molar-refractivity contribution in [2.45, 2.75) is 31.2 Å². The van der Waals surface area contributed by atoms with Crippen LogP contribution in [-0.2, 0) is 16.8 Å². The number of carbonyl (C=O) groups is 1. The zero-order valence-corrected chi connectivity index (χ0v) is 17.8. The molecule has 1 saturated carbocycles. The standard InChI is InChI=1S/C25H20F3NO5.2H2/c26-25(27,28)34-20-7-5-18(12-19(20)16-3-1-2-15(10-16)13-30)29-23(31)24(8-9-24)17-4-6-21-22(11-17)33-14-32-21;;/h1-7,10-12,30H,8-9,13-14H2,(H,29,31);2*1H. The number of rotatable bonds is 6. The number of carbonyl (C=O) groups excluding carboxylic acids is 1. The SMILES string of the molecule is O=C(Nc1ccc(OC(F)(F)F)c(-c2cccc(CO)c2)c1)C1(c2ccc3c(c2)OCO3)CC1.[HH].[HH]. The molecule has 0 radical (unpaired) electrons. The minimum absolute atomic E-state index is 0. The Hall–Kier alpha value is -3.72. The van der Waals surface area contributed by atoms with Gasteiger partial charge in [-0.15, -0.1) is 13.2 Å². The van der Waals surface area contributed by atoms with Gasteiger partial charge in [0.1, 0.15) is 5.75 Å². The molecule has 0 spiro atoms. The zero-order chi connectivity index (χ0) is 23.9. The predicted molar refractivity (Wildman–Crippen MR) is 121 cm³/mol. The number of alkyl halides is 3. The number of nitrogens with one attached hydrogen (secondary N) is 1. The second kappa shape index (κ2) is 8.25.